The number of aliphatic carboxylic acids is 1. The van der Waals surface area contributed by atoms with Gasteiger partial charge in [0.1, 0.15) is 12.6 Å². The molecule has 1 amide bonds. The number of unbranched alkanes of at least 4 members (excludes halogenated alkanes) is 10. The molecule has 0 heterocycles. The van der Waals surface area contributed by atoms with Crippen molar-refractivity contribution in [3.05, 3.63) is 72.9 Å². The quantitative estimate of drug-likeness (QED) is 0.0413. The van der Waals surface area contributed by atoms with Crippen LogP contribution in [0.1, 0.15) is 162 Å². The molecule has 1 atom stereocenters. The number of carbonyl (C=O) groups is 3. The smallest absolute Gasteiger partial charge is 0.322 e. The Morgan fingerprint density at radius 3 is 1.67 bits per heavy atom. The third kappa shape index (κ3) is 35.7. The summed E-state index contributed by atoms with van der Waals surface area (Å²) in [6.45, 7) is 4.02. The van der Waals surface area contributed by atoms with Gasteiger partial charge in [0, 0.05) is 12.8 Å². The normalized spacial score (nSPS) is 12.9. The van der Waals surface area contributed by atoms with Gasteiger partial charge in [-0.25, -0.2) is 0 Å². The van der Waals surface area contributed by atoms with E-state index in [0.29, 0.717) is 12.8 Å². The van der Waals surface area contributed by atoms with E-state index in [9.17, 15) is 14.4 Å². The van der Waals surface area contributed by atoms with E-state index >= 15 is 0 Å². The third-order valence-corrected chi connectivity index (χ3v) is 7.85. The minimum atomic E-state index is -1.03. The molecule has 272 valence electrons. The minimum Gasteiger partial charge on any atom is -0.480 e. The van der Waals surface area contributed by atoms with Gasteiger partial charge in [0.25, 0.3) is 0 Å². The fraction of sp³-hybridized carbons (Fsp3) is 0.643. The highest BCUT2D eigenvalue weighted by atomic mass is 16.5. The topological polar surface area (TPSA) is 92.7 Å². The first-order valence-electron chi connectivity index (χ1n) is 19.1. The van der Waals surface area contributed by atoms with Crippen LogP contribution >= 0.6 is 0 Å². The molecule has 2 N–H and O–H groups in total. The average molecular weight is 668 g/mol. The predicted molar refractivity (Wildman–Crippen MR) is 203 cm³/mol. The molecule has 1 unspecified atom stereocenters. The second-order valence-electron chi connectivity index (χ2n) is 12.4. The van der Waals surface area contributed by atoms with Crippen LogP contribution in [0.15, 0.2) is 72.9 Å². The summed E-state index contributed by atoms with van der Waals surface area (Å²) < 4.78 is 5.96. The molecular weight excluding hydrogens is 598 g/mol. The van der Waals surface area contributed by atoms with Crippen molar-refractivity contribution in [2.45, 2.75) is 168 Å². The van der Waals surface area contributed by atoms with Crippen molar-refractivity contribution in [3.8, 4) is 0 Å². The van der Waals surface area contributed by atoms with E-state index in [2.05, 4.69) is 92.1 Å². The summed E-state index contributed by atoms with van der Waals surface area (Å²) in [5, 5.41) is 11.1. The lowest BCUT2D eigenvalue weighted by atomic mass is 10.0. The van der Waals surface area contributed by atoms with E-state index in [1.165, 1.54) is 19.3 Å². The highest BCUT2D eigenvalue weighted by molar-refractivity contribution is 5.80. The van der Waals surface area contributed by atoms with Gasteiger partial charge >= 0.3 is 11.9 Å². The predicted octanol–water partition coefficient (Wildman–Crippen LogP) is 11.4. The van der Waals surface area contributed by atoms with E-state index in [1.54, 1.807) is 0 Å². The maximum atomic E-state index is 12.7. The number of amides is 1. The Hall–Kier alpha value is -3.15. The molecule has 6 nitrogen and oxygen atoms in total. The van der Waals surface area contributed by atoms with Crippen LogP contribution in [0.4, 0.5) is 0 Å². The molecule has 0 aromatic carbocycles. The number of hydrogen-bond donors (Lipinski definition) is 2. The Balaban J connectivity index is 4.37. The number of rotatable bonds is 33. The lowest BCUT2D eigenvalue weighted by Crippen LogP contribution is -2.28. The molecule has 0 aliphatic carbocycles. The first kappa shape index (κ1) is 44.9. The first-order chi connectivity index (χ1) is 23.5. The fourth-order valence-electron chi connectivity index (χ4n) is 5.07. The number of carbonyl (C=O) groups excluding carboxylic acids is 2. The van der Waals surface area contributed by atoms with Crippen molar-refractivity contribution in [3.63, 3.8) is 0 Å². The second kappa shape index (κ2) is 36.7. The van der Waals surface area contributed by atoms with E-state index in [4.69, 9.17) is 9.84 Å². The minimum absolute atomic E-state index is 0.0602. The number of carboxylic acids is 1. The molecule has 48 heavy (non-hydrogen) atoms. The van der Waals surface area contributed by atoms with Crippen LogP contribution in [0.2, 0.25) is 0 Å². The van der Waals surface area contributed by atoms with Crippen molar-refractivity contribution >= 4 is 17.8 Å². The summed E-state index contributed by atoms with van der Waals surface area (Å²) in [4.78, 5) is 34.9. The number of carboxylic acid groups (broad SMARTS) is 1. The number of esters is 1. The van der Waals surface area contributed by atoms with Gasteiger partial charge in [0.2, 0.25) is 5.91 Å². The number of allylic oxidation sites excluding steroid dienone is 12. The van der Waals surface area contributed by atoms with Crippen molar-refractivity contribution in [1.29, 1.82) is 0 Å². The number of ether oxygens (including phenoxy) is 1. The van der Waals surface area contributed by atoms with Crippen LogP contribution in [0.5, 0.6) is 0 Å². The molecule has 0 saturated heterocycles. The Bertz CT molecular complexity index is 959. The van der Waals surface area contributed by atoms with Crippen molar-refractivity contribution < 1.29 is 24.2 Å². The van der Waals surface area contributed by atoms with E-state index in [0.717, 1.165) is 116 Å². The summed E-state index contributed by atoms with van der Waals surface area (Å²) in [6.07, 6.45) is 48.7. The zero-order chi connectivity index (χ0) is 35.2. The van der Waals surface area contributed by atoms with Crippen LogP contribution in [0.3, 0.4) is 0 Å². The van der Waals surface area contributed by atoms with Gasteiger partial charge in [-0.15, -0.1) is 0 Å². The van der Waals surface area contributed by atoms with E-state index in [1.807, 2.05) is 0 Å². The average Bonchev–Trinajstić information content (AvgIpc) is 3.07. The Morgan fingerprint density at radius 2 is 1.06 bits per heavy atom. The van der Waals surface area contributed by atoms with Crippen molar-refractivity contribution in [2.24, 2.45) is 0 Å². The Labute approximate surface area is 294 Å². The van der Waals surface area contributed by atoms with Crippen LogP contribution in [-0.2, 0) is 19.1 Å². The molecule has 0 rings (SSSR count). The van der Waals surface area contributed by atoms with Crippen LogP contribution in [0, 0.1) is 0 Å². The summed E-state index contributed by atoms with van der Waals surface area (Å²) in [5.74, 6) is -1.31. The highest BCUT2D eigenvalue weighted by Gasteiger charge is 2.14. The molecular formula is C42H69NO5. The summed E-state index contributed by atoms with van der Waals surface area (Å²) in [5.41, 5.74) is 0. The molecule has 0 fully saturated rings. The molecule has 0 aromatic heterocycles. The second-order valence-corrected chi connectivity index (χ2v) is 12.4. The van der Waals surface area contributed by atoms with Crippen molar-refractivity contribution in [2.75, 3.05) is 6.54 Å². The van der Waals surface area contributed by atoms with Crippen molar-refractivity contribution in [1.82, 2.24) is 5.32 Å². The maximum Gasteiger partial charge on any atom is 0.322 e. The fourth-order valence-corrected chi connectivity index (χ4v) is 5.07. The lowest BCUT2D eigenvalue weighted by Gasteiger charge is -2.17. The van der Waals surface area contributed by atoms with Gasteiger partial charge < -0.3 is 15.2 Å². The Kier molecular flexibility index (Phi) is 34.3. The van der Waals surface area contributed by atoms with Gasteiger partial charge in [-0.2, -0.15) is 0 Å². The largest absolute Gasteiger partial charge is 0.480 e. The molecule has 0 aliphatic rings. The van der Waals surface area contributed by atoms with Gasteiger partial charge in [0.15, 0.2) is 0 Å². The van der Waals surface area contributed by atoms with E-state index in [-0.39, 0.29) is 24.5 Å². The number of hydrogen-bond acceptors (Lipinski definition) is 4. The standard InChI is InChI=1S/C42H69NO5/c1-3-5-7-9-11-13-15-17-19-21-23-26-30-34-39(35-31-27-25-28-32-36-40(44)43-38-41(45)46)48-42(47)37-33-29-24-22-20-18-16-14-12-10-8-6-4-2/h5,7-8,10-11,13-14,16-17,19,23,26,39H,3-4,6,9,12,15,18,20-22,24-25,27-38H2,1-2H3,(H,43,44)(H,45,46)/b7-5-,10-8-,13-11-,16-14-,19-17-,26-23-. The zero-order valence-electron chi connectivity index (χ0n) is 30.6. The van der Waals surface area contributed by atoms with Gasteiger partial charge in [-0.3, -0.25) is 14.4 Å². The number of nitrogens with one attached hydrogen (secondary N) is 1. The van der Waals surface area contributed by atoms with Gasteiger partial charge in [-0.1, -0.05) is 132 Å². The Morgan fingerprint density at radius 1 is 0.562 bits per heavy atom. The van der Waals surface area contributed by atoms with Gasteiger partial charge in [0.05, 0.1) is 0 Å². The monoisotopic (exact) mass is 668 g/mol. The molecule has 0 radical (unpaired) electrons. The van der Waals surface area contributed by atoms with Crippen LogP contribution in [-0.4, -0.2) is 35.6 Å². The molecule has 0 spiro atoms. The third-order valence-electron chi connectivity index (χ3n) is 7.85. The molecule has 0 bridgehead atoms. The first-order valence-corrected chi connectivity index (χ1v) is 19.1. The summed E-state index contributed by atoms with van der Waals surface area (Å²) in [7, 11) is 0. The summed E-state index contributed by atoms with van der Waals surface area (Å²) in [6, 6.07) is 0. The van der Waals surface area contributed by atoms with Crippen LogP contribution < -0.4 is 5.32 Å². The van der Waals surface area contributed by atoms with Gasteiger partial charge in [-0.05, 0) is 89.9 Å². The zero-order valence-corrected chi connectivity index (χ0v) is 30.6. The van der Waals surface area contributed by atoms with Crippen LogP contribution in [0.25, 0.3) is 0 Å². The molecule has 0 saturated carbocycles. The summed E-state index contributed by atoms with van der Waals surface area (Å²) >= 11 is 0. The molecule has 6 heteroatoms. The molecule has 0 aliphatic heterocycles. The molecule has 0 aromatic rings. The maximum absolute atomic E-state index is 12.7. The SMILES string of the molecule is CC/C=C\C/C=C\C/C=C\C/C=C\CCC(CCCCCCCC(=O)NCC(=O)O)OC(=O)CCCCCCC/C=C\C/C=C\CCC. The highest BCUT2D eigenvalue weighted by Crippen LogP contribution is 2.17. The van der Waals surface area contributed by atoms with E-state index < -0.39 is 5.97 Å². The lowest BCUT2D eigenvalue weighted by molar-refractivity contribution is -0.150.